The Bertz CT molecular complexity index is 543. The Morgan fingerprint density at radius 1 is 1.44 bits per heavy atom. The number of imidazole rings is 1. The maximum Gasteiger partial charge on any atom is 0.306 e. The van der Waals surface area contributed by atoms with Gasteiger partial charge in [-0.15, -0.1) is 0 Å². The minimum atomic E-state index is -3.58. The molecule has 18 heavy (non-hydrogen) atoms. The normalized spacial score (nSPS) is 18.9. The fraction of sp³-hybridized carbons (Fsp3) is 0.600. The van der Waals surface area contributed by atoms with Gasteiger partial charge in [0.15, 0.2) is 5.03 Å². The molecule has 1 aromatic rings. The summed E-state index contributed by atoms with van der Waals surface area (Å²) in [6.07, 6.45) is 3.57. The monoisotopic (exact) mass is 273 g/mol. The highest BCUT2D eigenvalue weighted by Gasteiger charge is 2.32. The first-order valence-electron chi connectivity index (χ1n) is 5.62. The van der Waals surface area contributed by atoms with Crippen LogP contribution in [0.3, 0.4) is 0 Å². The van der Waals surface area contributed by atoms with E-state index in [0.29, 0.717) is 12.8 Å². The second-order valence-corrected chi connectivity index (χ2v) is 6.28. The molecule has 0 unspecified atom stereocenters. The molecule has 8 heteroatoms. The minimum absolute atomic E-state index is 0.0128. The maximum atomic E-state index is 12.2. The summed E-state index contributed by atoms with van der Waals surface area (Å²) in [5.41, 5.74) is 0. The van der Waals surface area contributed by atoms with E-state index in [1.807, 2.05) is 0 Å². The highest BCUT2D eigenvalue weighted by molar-refractivity contribution is 7.89. The van der Waals surface area contributed by atoms with Crippen molar-refractivity contribution in [2.45, 2.75) is 17.9 Å². The summed E-state index contributed by atoms with van der Waals surface area (Å²) >= 11 is 0. The molecule has 1 N–H and O–H groups in total. The van der Waals surface area contributed by atoms with Crippen molar-refractivity contribution in [1.29, 1.82) is 0 Å². The molecule has 0 aliphatic carbocycles. The summed E-state index contributed by atoms with van der Waals surface area (Å²) in [6.45, 7) is 0.464. The number of hydrogen-bond acceptors (Lipinski definition) is 4. The molecule has 2 heterocycles. The summed E-state index contributed by atoms with van der Waals surface area (Å²) in [5, 5.41) is 8.88. The highest BCUT2D eigenvalue weighted by atomic mass is 32.2. The van der Waals surface area contributed by atoms with E-state index in [-0.39, 0.29) is 18.1 Å². The fourth-order valence-electron chi connectivity index (χ4n) is 2.00. The van der Waals surface area contributed by atoms with Gasteiger partial charge < -0.3 is 9.67 Å². The number of nitrogens with zero attached hydrogens (tertiary/aromatic N) is 3. The van der Waals surface area contributed by atoms with Crippen molar-refractivity contribution in [3.63, 3.8) is 0 Å². The van der Waals surface area contributed by atoms with Crippen molar-refractivity contribution in [3.05, 3.63) is 12.5 Å². The molecule has 2 rings (SSSR count). The summed E-state index contributed by atoms with van der Waals surface area (Å²) in [6, 6.07) is 0. The molecule has 1 fully saturated rings. The molecule has 0 saturated carbocycles. The van der Waals surface area contributed by atoms with Crippen LogP contribution >= 0.6 is 0 Å². The molecule has 1 aliphatic rings. The molecule has 0 spiro atoms. The molecular weight excluding hydrogens is 258 g/mol. The lowest BCUT2D eigenvalue weighted by Crippen LogP contribution is -2.40. The minimum Gasteiger partial charge on any atom is -0.481 e. The van der Waals surface area contributed by atoms with E-state index in [0.717, 1.165) is 0 Å². The van der Waals surface area contributed by atoms with Crippen LogP contribution in [0.25, 0.3) is 0 Å². The Balaban J connectivity index is 2.12. The Morgan fingerprint density at radius 2 is 2.06 bits per heavy atom. The van der Waals surface area contributed by atoms with Crippen LogP contribution in [0.4, 0.5) is 0 Å². The Labute approximate surface area is 105 Å². The first-order valence-corrected chi connectivity index (χ1v) is 7.06. The molecule has 1 aliphatic heterocycles. The SMILES string of the molecule is Cn1cnc(S(=O)(=O)N2CCC(C(=O)O)CC2)c1. The second-order valence-electron chi connectivity index (χ2n) is 4.39. The van der Waals surface area contributed by atoms with Crippen molar-refractivity contribution in [2.24, 2.45) is 13.0 Å². The summed E-state index contributed by atoms with van der Waals surface area (Å²) in [7, 11) is -1.88. The lowest BCUT2D eigenvalue weighted by Gasteiger charge is -2.28. The maximum absolute atomic E-state index is 12.2. The van der Waals surface area contributed by atoms with Crippen LogP contribution in [0.1, 0.15) is 12.8 Å². The number of aliphatic carboxylic acids is 1. The first kappa shape index (κ1) is 13.0. The average Bonchev–Trinajstić information content (AvgIpc) is 2.76. The molecule has 0 aromatic carbocycles. The molecule has 1 saturated heterocycles. The smallest absolute Gasteiger partial charge is 0.306 e. The van der Waals surface area contributed by atoms with Gasteiger partial charge in [0, 0.05) is 26.3 Å². The van der Waals surface area contributed by atoms with Crippen LogP contribution in [-0.4, -0.2) is 46.4 Å². The van der Waals surface area contributed by atoms with Gasteiger partial charge in [0.05, 0.1) is 12.2 Å². The van der Waals surface area contributed by atoms with Crippen molar-refractivity contribution >= 4 is 16.0 Å². The highest BCUT2D eigenvalue weighted by Crippen LogP contribution is 2.22. The van der Waals surface area contributed by atoms with Gasteiger partial charge in [-0.2, -0.15) is 4.31 Å². The quantitative estimate of drug-likeness (QED) is 0.830. The number of piperidine rings is 1. The molecule has 100 valence electrons. The van der Waals surface area contributed by atoms with Gasteiger partial charge in [0.25, 0.3) is 10.0 Å². The van der Waals surface area contributed by atoms with E-state index in [1.54, 1.807) is 11.6 Å². The van der Waals surface area contributed by atoms with Gasteiger partial charge in [0.1, 0.15) is 0 Å². The number of carboxylic acids is 1. The number of aryl methyl sites for hydroxylation is 1. The Hall–Kier alpha value is -1.41. The lowest BCUT2D eigenvalue weighted by molar-refractivity contribution is -0.142. The third kappa shape index (κ3) is 2.39. The predicted octanol–water partition coefficient (Wildman–Crippen LogP) is -0.0946. The van der Waals surface area contributed by atoms with Crippen LogP contribution in [-0.2, 0) is 21.9 Å². The number of carbonyl (C=O) groups is 1. The molecule has 1 aromatic heterocycles. The van der Waals surface area contributed by atoms with Gasteiger partial charge in [-0.3, -0.25) is 4.79 Å². The Morgan fingerprint density at radius 3 is 2.50 bits per heavy atom. The lowest BCUT2D eigenvalue weighted by atomic mass is 9.99. The standard InChI is InChI=1S/C10H15N3O4S/c1-12-6-9(11-7-12)18(16,17)13-4-2-8(3-5-13)10(14)15/h6-8H,2-5H2,1H3,(H,14,15). The van der Waals surface area contributed by atoms with Crippen LogP contribution in [0, 0.1) is 5.92 Å². The van der Waals surface area contributed by atoms with E-state index in [4.69, 9.17) is 5.11 Å². The van der Waals surface area contributed by atoms with E-state index in [9.17, 15) is 13.2 Å². The van der Waals surface area contributed by atoms with E-state index >= 15 is 0 Å². The average molecular weight is 273 g/mol. The van der Waals surface area contributed by atoms with Gasteiger partial charge in [-0.05, 0) is 12.8 Å². The zero-order valence-corrected chi connectivity index (χ0v) is 10.8. The summed E-state index contributed by atoms with van der Waals surface area (Å²) < 4.78 is 27.2. The molecule has 0 bridgehead atoms. The first-order chi connectivity index (χ1) is 8.41. The van der Waals surface area contributed by atoms with Gasteiger partial charge in [-0.1, -0.05) is 0 Å². The number of aromatic nitrogens is 2. The van der Waals surface area contributed by atoms with Crippen LogP contribution in [0.2, 0.25) is 0 Å². The molecule has 7 nitrogen and oxygen atoms in total. The zero-order chi connectivity index (χ0) is 13.3. The van der Waals surface area contributed by atoms with Crippen LogP contribution in [0.5, 0.6) is 0 Å². The fourth-order valence-corrected chi connectivity index (χ4v) is 3.43. The van der Waals surface area contributed by atoms with Gasteiger partial charge >= 0.3 is 5.97 Å². The van der Waals surface area contributed by atoms with Gasteiger partial charge in [-0.25, -0.2) is 13.4 Å². The number of sulfonamides is 1. The largest absolute Gasteiger partial charge is 0.481 e. The van der Waals surface area contributed by atoms with Crippen molar-refractivity contribution < 1.29 is 18.3 Å². The van der Waals surface area contributed by atoms with Crippen molar-refractivity contribution in [1.82, 2.24) is 13.9 Å². The zero-order valence-electron chi connectivity index (χ0n) is 9.98. The molecule has 0 atom stereocenters. The van der Waals surface area contributed by atoms with E-state index in [1.165, 1.54) is 16.8 Å². The van der Waals surface area contributed by atoms with Crippen LogP contribution in [0.15, 0.2) is 17.6 Å². The summed E-state index contributed by atoms with van der Waals surface area (Å²) in [4.78, 5) is 14.6. The van der Waals surface area contributed by atoms with E-state index in [2.05, 4.69) is 4.98 Å². The number of carboxylic acid groups (broad SMARTS) is 1. The topological polar surface area (TPSA) is 92.5 Å². The predicted molar refractivity (Wildman–Crippen MR) is 62.3 cm³/mol. The van der Waals surface area contributed by atoms with Crippen molar-refractivity contribution in [2.75, 3.05) is 13.1 Å². The van der Waals surface area contributed by atoms with E-state index < -0.39 is 21.9 Å². The van der Waals surface area contributed by atoms with Crippen molar-refractivity contribution in [3.8, 4) is 0 Å². The Kier molecular flexibility index (Phi) is 3.40. The third-order valence-corrected chi connectivity index (χ3v) is 4.87. The summed E-state index contributed by atoms with van der Waals surface area (Å²) in [5.74, 6) is -1.30. The second kappa shape index (κ2) is 4.69. The third-order valence-electron chi connectivity index (χ3n) is 3.09. The van der Waals surface area contributed by atoms with Crippen LogP contribution < -0.4 is 0 Å². The number of rotatable bonds is 3. The van der Waals surface area contributed by atoms with Gasteiger partial charge in [0.2, 0.25) is 0 Å². The molecule has 0 amide bonds. The molecular formula is C10H15N3O4S. The molecule has 0 radical (unpaired) electrons. The number of hydrogen-bond donors (Lipinski definition) is 1.